The van der Waals surface area contributed by atoms with Crippen molar-refractivity contribution in [3.63, 3.8) is 0 Å². The topological polar surface area (TPSA) is 105 Å². The quantitative estimate of drug-likeness (QED) is 0.757. The number of amides is 1. The molecule has 0 aromatic carbocycles. The van der Waals surface area contributed by atoms with E-state index in [0.29, 0.717) is 31.9 Å². The number of hydrogen-bond donors (Lipinski definition) is 3. The van der Waals surface area contributed by atoms with Gasteiger partial charge in [-0.1, -0.05) is 0 Å². The molecule has 0 spiro atoms. The third kappa shape index (κ3) is 3.59. The highest BCUT2D eigenvalue weighted by atomic mass is 16.4. The van der Waals surface area contributed by atoms with E-state index in [1.807, 2.05) is 4.90 Å². The number of aliphatic carboxylic acids is 1. The number of hydrogen-bond acceptors (Lipinski definition) is 4. The first-order valence-electron chi connectivity index (χ1n) is 7.48. The summed E-state index contributed by atoms with van der Waals surface area (Å²) >= 11 is 0. The first kappa shape index (κ1) is 15.3. The van der Waals surface area contributed by atoms with Crippen molar-refractivity contribution in [2.24, 2.45) is 5.92 Å². The van der Waals surface area contributed by atoms with Crippen LogP contribution < -0.4 is 0 Å². The van der Waals surface area contributed by atoms with Gasteiger partial charge in [-0.3, -0.25) is 14.5 Å². The molecular weight excluding hydrogens is 298 g/mol. The molecule has 8 heteroatoms. The summed E-state index contributed by atoms with van der Waals surface area (Å²) in [5, 5.41) is 9.44. The van der Waals surface area contributed by atoms with Crippen molar-refractivity contribution in [3.05, 3.63) is 42.2 Å². The average Bonchev–Trinajstić information content (AvgIpc) is 3.18. The van der Waals surface area contributed by atoms with E-state index < -0.39 is 11.9 Å². The van der Waals surface area contributed by atoms with Gasteiger partial charge in [-0.15, -0.1) is 0 Å². The molecule has 0 aliphatic carbocycles. The molecule has 23 heavy (non-hydrogen) atoms. The Kier molecular flexibility index (Phi) is 4.42. The van der Waals surface area contributed by atoms with E-state index in [0.717, 1.165) is 5.69 Å². The molecule has 2 aromatic heterocycles. The lowest BCUT2D eigenvalue weighted by Crippen LogP contribution is -2.38. The molecule has 3 N–H and O–H groups in total. The first-order chi connectivity index (χ1) is 11.1. The van der Waals surface area contributed by atoms with Crippen LogP contribution in [0.2, 0.25) is 0 Å². The van der Waals surface area contributed by atoms with Crippen LogP contribution in [0.5, 0.6) is 0 Å². The highest BCUT2D eigenvalue weighted by Gasteiger charge is 2.30. The Labute approximate surface area is 133 Å². The SMILES string of the molecule is O=C(O)[C@@H]1CN(Cc2cnc[nH]2)CCN(C(=O)c2ccc[nH]2)C1. The molecule has 3 rings (SSSR count). The molecule has 122 valence electrons. The molecular formula is C15H19N5O3. The van der Waals surface area contributed by atoms with Crippen LogP contribution >= 0.6 is 0 Å². The van der Waals surface area contributed by atoms with E-state index >= 15 is 0 Å². The number of carboxylic acid groups (broad SMARTS) is 1. The van der Waals surface area contributed by atoms with Crippen LogP contribution in [0.25, 0.3) is 0 Å². The third-order valence-electron chi connectivity index (χ3n) is 4.02. The minimum Gasteiger partial charge on any atom is -0.481 e. The molecule has 0 bridgehead atoms. The van der Waals surface area contributed by atoms with Crippen LogP contribution in [-0.2, 0) is 11.3 Å². The predicted octanol–water partition coefficient (Wildman–Crippen LogP) is 0.397. The lowest BCUT2D eigenvalue weighted by Gasteiger charge is -2.21. The zero-order valence-corrected chi connectivity index (χ0v) is 12.6. The van der Waals surface area contributed by atoms with Crippen molar-refractivity contribution in [1.82, 2.24) is 24.8 Å². The first-order valence-corrected chi connectivity index (χ1v) is 7.48. The Hall–Kier alpha value is -2.61. The van der Waals surface area contributed by atoms with Crippen molar-refractivity contribution in [1.29, 1.82) is 0 Å². The number of nitrogens with one attached hydrogen (secondary N) is 2. The molecule has 3 heterocycles. The van der Waals surface area contributed by atoms with Gasteiger partial charge >= 0.3 is 5.97 Å². The van der Waals surface area contributed by atoms with E-state index in [9.17, 15) is 14.7 Å². The second-order valence-electron chi connectivity index (χ2n) is 5.68. The number of aromatic amines is 2. The van der Waals surface area contributed by atoms with Crippen molar-refractivity contribution in [2.45, 2.75) is 6.54 Å². The maximum atomic E-state index is 12.5. The Morgan fingerprint density at radius 2 is 2.17 bits per heavy atom. The smallest absolute Gasteiger partial charge is 0.309 e. The molecule has 0 radical (unpaired) electrons. The Bertz CT molecular complexity index is 653. The monoisotopic (exact) mass is 317 g/mol. The molecule has 0 saturated carbocycles. The molecule has 1 aliphatic rings. The molecule has 2 aromatic rings. The van der Waals surface area contributed by atoms with Crippen LogP contribution in [0, 0.1) is 5.92 Å². The summed E-state index contributed by atoms with van der Waals surface area (Å²) < 4.78 is 0. The van der Waals surface area contributed by atoms with E-state index in [-0.39, 0.29) is 12.5 Å². The van der Waals surface area contributed by atoms with Crippen LogP contribution in [-0.4, -0.2) is 67.9 Å². The zero-order valence-electron chi connectivity index (χ0n) is 12.6. The average molecular weight is 317 g/mol. The lowest BCUT2D eigenvalue weighted by atomic mass is 10.1. The highest BCUT2D eigenvalue weighted by Crippen LogP contribution is 2.14. The van der Waals surface area contributed by atoms with Gasteiger partial charge in [0.2, 0.25) is 0 Å². The van der Waals surface area contributed by atoms with Gasteiger partial charge in [0, 0.05) is 50.8 Å². The van der Waals surface area contributed by atoms with Gasteiger partial charge in [-0.25, -0.2) is 4.98 Å². The molecule has 1 fully saturated rings. The second-order valence-corrected chi connectivity index (χ2v) is 5.68. The van der Waals surface area contributed by atoms with Crippen LogP contribution in [0.4, 0.5) is 0 Å². The number of nitrogens with zero attached hydrogens (tertiary/aromatic N) is 3. The summed E-state index contributed by atoms with van der Waals surface area (Å²) in [5.41, 5.74) is 1.41. The maximum Gasteiger partial charge on any atom is 0.309 e. The molecule has 1 saturated heterocycles. The van der Waals surface area contributed by atoms with Crippen LogP contribution in [0.15, 0.2) is 30.9 Å². The minimum atomic E-state index is -0.884. The van der Waals surface area contributed by atoms with Gasteiger partial charge in [0.15, 0.2) is 0 Å². The maximum absolute atomic E-state index is 12.5. The van der Waals surface area contributed by atoms with E-state index in [2.05, 4.69) is 15.0 Å². The summed E-state index contributed by atoms with van der Waals surface area (Å²) in [6.45, 7) is 2.33. The number of rotatable bonds is 4. The van der Waals surface area contributed by atoms with Gasteiger partial charge in [0.1, 0.15) is 5.69 Å². The fourth-order valence-corrected chi connectivity index (χ4v) is 2.81. The van der Waals surface area contributed by atoms with E-state index in [1.54, 1.807) is 35.8 Å². The van der Waals surface area contributed by atoms with Gasteiger partial charge < -0.3 is 20.0 Å². The van der Waals surface area contributed by atoms with Crippen molar-refractivity contribution in [3.8, 4) is 0 Å². The minimum absolute atomic E-state index is 0.162. The summed E-state index contributed by atoms with van der Waals surface area (Å²) in [5.74, 6) is -1.66. The molecule has 1 amide bonds. The second kappa shape index (κ2) is 6.66. The fourth-order valence-electron chi connectivity index (χ4n) is 2.81. The van der Waals surface area contributed by atoms with E-state index in [4.69, 9.17) is 0 Å². The highest BCUT2D eigenvalue weighted by molar-refractivity contribution is 5.92. The molecule has 1 atom stereocenters. The molecule has 8 nitrogen and oxygen atoms in total. The molecule has 1 aliphatic heterocycles. The zero-order chi connectivity index (χ0) is 16.2. The summed E-state index contributed by atoms with van der Waals surface area (Å²) in [7, 11) is 0. The number of H-pyrrole nitrogens is 2. The third-order valence-corrected chi connectivity index (χ3v) is 4.02. The fraction of sp³-hybridized carbons (Fsp3) is 0.400. The molecule has 0 unspecified atom stereocenters. The van der Waals surface area contributed by atoms with Crippen molar-refractivity contribution in [2.75, 3.05) is 26.2 Å². The summed E-state index contributed by atoms with van der Waals surface area (Å²) in [6, 6.07) is 3.45. The summed E-state index contributed by atoms with van der Waals surface area (Å²) in [6.07, 6.45) is 5.01. The van der Waals surface area contributed by atoms with Gasteiger partial charge in [0.25, 0.3) is 5.91 Å². The van der Waals surface area contributed by atoms with Crippen molar-refractivity contribution < 1.29 is 14.7 Å². The number of imidazole rings is 1. The van der Waals surface area contributed by atoms with Crippen LogP contribution in [0.3, 0.4) is 0 Å². The Morgan fingerprint density at radius 1 is 1.30 bits per heavy atom. The Morgan fingerprint density at radius 3 is 2.83 bits per heavy atom. The summed E-state index contributed by atoms with van der Waals surface area (Å²) in [4.78, 5) is 37.5. The number of carboxylic acids is 1. The largest absolute Gasteiger partial charge is 0.481 e. The van der Waals surface area contributed by atoms with Gasteiger partial charge in [-0.05, 0) is 12.1 Å². The number of carbonyl (C=O) groups excluding carboxylic acids is 1. The lowest BCUT2D eigenvalue weighted by molar-refractivity contribution is -0.142. The normalized spacial score (nSPS) is 19.5. The predicted molar refractivity (Wildman–Crippen MR) is 81.7 cm³/mol. The van der Waals surface area contributed by atoms with Gasteiger partial charge in [0.05, 0.1) is 12.2 Å². The van der Waals surface area contributed by atoms with Crippen LogP contribution in [0.1, 0.15) is 16.2 Å². The Balaban J connectivity index is 1.72. The van der Waals surface area contributed by atoms with Crippen molar-refractivity contribution >= 4 is 11.9 Å². The number of aromatic nitrogens is 3. The standard InChI is InChI=1S/C15H19N5O3/c21-14(13-2-1-3-17-13)20-5-4-19(7-11(8-20)15(22)23)9-12-6-16-10-18-12/h1-3,6,10-11,17H,4-5,7-9H2,(H,16,18)(H,22,23)/t11-/m1/s1. The van der Waals surface area contributed by atoms with E-state index in [1.165, 1.54) is 0 Å². The van der Waals surface area contributed by atoms with Gasteiger partial charge in [-0.2, -0.15) is 0 Å². The number of carbonyl (C=O) groups is 2.